The quantitative estimate of drug-likeness (QED) is 0.801. The van der Waals surface area contributed by atoms with Crippen LogP contribution in [0.3, 0.4) is 0 Å². The predicted molar refractivity (Wildman–Crippen MR) is 61.5 cm³/mol. The highest BCUT2D eigenvalue weighted by Crippen LogP contribution is 2.36. The molecule has 2 rings (SSSR count). The second kappa shape index (κ2) is 4.93. The number of hydrogen-bond donors (Lipinski definition) is 2. The number of hydrogen-bond acceptors (Lipinski definition) is 2. The molecule has 2 nitrogen and oxygen atoms in total. The van der Waals surface area contributed by atoms with Crippen molar-refractivity contribution in [3.8, 4) is 0 Å². The largest absolute Gasteiger partial charge is 0.387 e. The zero-order valence-electron chi connectivity index (χ0n) is 9.49. The summed E-state index contributed by atoms with van der Waals surface area (Å²) in [5, 5.41) is 13.0. The lowest BCUT2D eigenvalue weighted by molar-refractivity contribution is 0.169. The number of aliphatic hydroxyl groups excluding tert-OH is 1. The maximum atomic E-state index is 13.3. The first kappa shape index (κ1) is 11.6. The van der Waals surface area contributed by atoms with Gasteiger partial charge in [0.15, 0.2) is 0 Å². The van der Waals surface area contributed by atoms with Gasteiger partial charge in [0, 0.05) is 12.1 Å². The molecule has 0 saturated heterocycles. The van der Waals surface area contributed by atoms with Crippen molar-refractivity contribution in [2.45, 2.75) is 19.4 Å². The van der Waals surface area contributed by atoms with Gasteiger partial charge < -0.3 is 10.4 Å². The molecule has 0 aliphatic heterocycles. The van der Waals surface area contributed by atoms with Crippen molar-refractivity contribution in [2.75, 3.05) is 13.1 Å². The molecule has 1 saturated carbocycles. The fourth-order valence-electron chi connectivity index (χ4n) is 1.94. The molecule has 1 aromatic carbocycles. The molecule has 0 radical (unpaired) electrons. The molecule has 88 valence electrons. The number of rotatable bonds is 5. The molecule has 0 amide bonds. The van der Waals surface area contributed by atoms with Crippen LogP contribution < -0.4 is 5.32 Å². The molecule has 16 heavy (non-hydrogen) atoms. The van der Waals surface area contributed by atoms with E-state index >= 15 is 0 Å². The molecule has 1 fully saturated rings. The van der Waals surface area contributed by atoms with E-state index in [4.69, 9.17) is 0 Å². The van der Waals surface area contributed by atoms with Gasteiger partial charge in [0.2, 0.25) is 0 Å². The third kappa shape index (κ3) is 2.80. The van der Waals surface area contributed by atoms with Crippen LogP contribution in [-0.2, 0) is 0 Å². The van der Waals surface area contributed by atoms with E-state index in [-0.39, 0.29) is 5.82 Å². The minimum atomic E-state index is -0.754. The van der Waals surface area contributed by atoms with Crippen LogP contribution >= 0.6 is 0 Å². The lowest BCUT2D eigenvalue weighted by atomic mass is 10.1. The van der Waals surface area contributed by atoms with E-state index in [1.165, 1.54) is 12.5 Å². The fourth-order valence-corrected chi connectivity index (χ4v) is 1.94. The number of nitrogens with one attached hydrogen (secondary N) is 1. The van der Waals surface area contributed by atoms with Crippen molar-refractivity contribution in [1.29, 1.82) is 0 Å². The van der Waals surface area contributed by atoms with Crippen LogP contribution in [0.4, 0.5) is 4.39 Å². The third-order valence-corrected chi connectivity index (χ3v) is 3.28. The van der Waals surface area contributed by atoms with Gasteiger partial charge in [-0.15, -0.1) is 0 Å². The lowest BCUT2D eigenvalue weighted by Gasteiger charge is -2.12. The SMILES string of the molecule is CC1CC1CNCC(O)c1ccccc1F. The van der Waals surface area contributed by atoms with Gasteiger partial charge in [-0.25, -0.2) is 4.39 Å². The molecule has 1 aliphatic rings. The van der Waals surface area contributed by atoms with Crippen LogP contribution in [0.2, 0.25) is 0 Å². The van der Waals surface area contributed by atoms with Crippen molar-refractivity contribution >= 4 is 0 Å². The van der Waals surface area contributed by atoms with E-state index < -0.39 is 6.10 Å². The molecular weight excluding hydrogens is 205 g/mol. The minimum absolute atomic E-state index is 0.336. The van der Waals surface area contributed by atoms with Crippen LogP contribution in [0.25, 0.3) is 0 Å². The first-order valence-corrected chi connectivity index (χ1v) is 5.81. The van der Waals surface area contributed by atoms with Crippen molar-refractivity contribution in [3.05, 3.63) is 35.6 Å². The van der Waals surface area contributed by atoms with Gasteiger partial charge in [-0.3, -0.25) is 0 Å². The summed E-state index contributed by atoms with van der Waals surface area (Å²) >= 11 is 0. The Morgan fingerprint density at radius 2 is 2.19 bits per heavy atom. The average molecular weight is 223 g/mol. The van der Waals surface area contributed by atoms with Crippen LogP contribution in [0.1, 0.15) is 25.0 Å². The summed E-state index contributed by atoms with van der Waals surface area (Å²) in [6.45, 7) is 3.57. The summed E-state index contributed by atoms with van der Waals surface area (Å²) in [7, 11) is 0. The standard InChI is InChI=1S/C13H18FNO/c1-9-6-10(9)7-15-8-13(16)11-4-2-3-5-12(11)14/h2-5,9-10,13,15-16H,6-8H2,1H3. The molecule has 3 unspecified atom stereocenters. The average Bonchev–Trinajstić information content (AvgIpc) is 2.95. The fraction of sp³-hybridized carbons (Fsp3) is 0.538. The molecule has 1 aromatic rings. The van der Waals surface area contributed by atoms with Gasteiger partial charge in [0.05, 0.1) is 6.10 Å². The minimum Gasteiger partial charge on any atom is -0.387 e. The number of aliphatic hydroxyl groups is 1. The summed E-state index contributed by atoms with van der Waals surface area (Å²) in [5.41, 5.74) is 0.374. The molecule has 0 aromatic heterocycles. The van der Waals surface area contributed by atoms with Crippen LogP contribution in [0.5, 0.6) is 0 Å². The highest BCUT2D eigenvalue weighted by molar-refractivity contribution is 5.19. The van der Waals surface area contributed by atoms with Crippen LogP contribution in [0.15, 0.2) is 24.3 Å². The Bertz CT molecular complexity index is 356. The van der Waals surface area contributed by atoms with Gasteiger partial charge in [-0.1, -0.05) is 25.1 Å². The van der Waals surface area contributed by atoms with Crippen LogP contribution in [-0.4, -0.2) is 18.2 Å². The highest BCUT2D eigenvalue weighted by atomic mass is 19.1. The van der Waals surface area contributed by atoms with E-state index in [1.807, 2.05) is 0 Å². The molecule has 0 bridgehead atoms. The molecule has 2 N–H and O–H groups in total. The second-order valence-electron chi connectivity index (χ2n) is 4.67. The Hall–Kier alpha value is -0.930. The van der Waals surface area contributed by atoms with Gasteiger partial charge in [-0.2, -0.15) is 0 Å². The summed E-state index contributed by atoms with van der Waals surface area (Å²) in [5.74, 6) is 1.21. The number of benzene rings is 1. The van der Waals surface area contributed by atoms with Crippen molar-refractivity contribution in [3.63, 3.8) is 0 Å². The molecule has 3 atom stereocenters. The van der Waals surface area contributed by atoms with Gasteiger partial charge in [-0.05, 0) is 30.9 Å². The van der Waals surface area contributed by atoms with Crippen molar-refractivity contribution < 1.29 is 9.50 Å². The lowest BCUT2D eigenvalue weighted by Crippen LogP contribution is -2.24. The normalized spacial score (nSPS) is 25.4. The molecule has 3 heteroatoms. The molecule has 0 heterocycles. The maximum absolute atomic E-state index is 13.3. The Kier molecular flexibility index (Phi) is 3.56. The van der Waals surface area contributed by atoms with E-state index in [1.54, 1.807) is 18.2 Å². The van der Waals surface area contributed by atoms with Crippen molar-refractivity contribution in [1.82, 2.24) is 5.32 Å². The first-order chi connectivity index (χ1) is 7.68. The Labute approximate surface area is 95.5 Å². The van der Waals surface area contributed by atoms with Gasteiger partial charge in [0.1, 0.15) is 5.82 Å². The van der Waals surface area contributed by atoms with E-state index in [0.29, 0.717) is 12.1 Å². The van der Waals surface area contributed by atoms with Crippen LogP contribution in [0, 0.1) is 17.7 Å². The topological polar surface area (TPSA) is 32.3 Å². The predicted octanol–water partition coefficient (Wildman–Crippen LogP) is 2.10. The van der Waals surface area contributed by atoms with E-state index in [9.17, 15) is 9.50 Å². The summed E-state index contributed by atoms with van der Waals surface area (Å²) in [6, 6.07) is 6.37. The summed E-state index contributed by atoms with van der Waals surface area (Å²) in [4.78, 5) is 0. The Morgan fingerprint density at radius 1 is 1.50 bits per heavy atom. The monoisotopic (exact) mass is 223 g/mol. The van der Waals surface area contributed by atoms with E-state index in [2.05, 4.69) is 12.2 Å². The van der Waals surface area contributed by atoms with Gasteiger partial charge in [0.25, 0.3) is 0 Å². The summed E-state index contributed by atoms with van der Waals surface area (Å²) < 4.78 is 13.3. The van der Waals surface area contributed by atoms with Crippen molar-refractivity contribution in [2.24, 2.45) is 11.8 Å². The Morgan fingerprint density at radius 3 is 2.81 bits per heavy atom. The summed E-state index contributed by atoms with van der Waals surface area (Å²) in [6.07, 6.45) is 0.512. The highest BCUT2D eigenvalue weighted by Gasteiger charge is 2.31. The molecule has 1 aliphatic carbocycles. The maximum Gasteiger partial charge on any atom is 0.129 e. The first-order valence-electron chi connectivity index (χ1n) is 5.81. The Balaban J connectivity index is 1.79. The van der Waals surface area contributed by atoms with E-state index in [0.717, 1.165) is 18.4 Å². The number of halogens is 1. The second-order valence-corrected chi connectivity index (χ2v) is 4.67. The molecule has 0 spiro atoms. The zero-order valence-corrected chi connectivity index (χ0v) is 9.49. The van der Waals surface area contributed by atoms with Gasteiger partial charge >= 0.3 is 0 Å². The smallest absolute Gasteiger partial charge is 0.129 e. The zero-order chi connectivity index (χ0) is 11.5. The molecular formula is C13H18FNO. The third-order valence-electron chi connectivity index (χ3n) is 3.28.